The maximum atomic E-state index is 6.09. The average molecular weight is 424 g/mol. The van der Waals surface area contributed by atoms with Crippen molar-refractivity contribution in [3.63, 3.8) is 0 Å². The molecule has 0 radical (unpaired) electrons. The van der Waals surface area contributed by atoms with Gasteiger partial charge in [0.1, 0.15) is 25.2 Å². The van der Waals surface area contributed by atoms with Crippen molar-refractivity contribution in [2.75, 3.05) is 20.3 Å². The van der Waals surface area contributed by atoms with Gasteiger partial charge in [0.25, 0.3) is 0 Å². The fraction of sp³-hybridized carbons (Fsp3) is 0.444. The number of benzene rings is 2. The Labute approximate surface area is 187 Å². The first-order chi connectivity index (χ1) is 15.1. The molecule has 31 heavy (non-hydrogen) atoms. The number of hydrogen-bond acceptors (Lipinski definition) is 4. The van der Waals surface area contributed by atoms with Crippen LogP contribution in [0.5, 0.6) is 11.5 Å². The molecule has 0 heterocycles. The van der Waals surface area contributed by atoms with Crippen molar-refractivity contribution in [2.24, 2.45) is 5.16 Å². The first-order valence-electron chi connectivity index (χ1n) is 11.3. The summed E-state index contributed by atoms with van der Waals surface area (Å²) in [4.78, 5) is 4.98. The molecule has 0 aromatic heterocycles. The van der Waals surface area contributed by atoms with E-state index in [4.69, 9.17) is 14.3 Å². The normalized spacial score (nSPS) is 11.7. The maximum absolute atomic E-state index is 6.09. The molecule has 0 saturated carbocycles. The van der Waals surface area contributed by atoms with Gasteiger partial charge in [0, 0.05) is 0 Å². The molecule has 0 bridgehead atoms. The molecule has 0 atom stereocenters. The van der Waals surface area contributed by atoms with Gasteiger partial charge in [0.05, 0.1) is 12.3 Å². The minimum Gasteiger partial charge on any atom is -0.493 e. The summed E-state index contributed by atoms with van der Waals surface area (Å²) < 4.78 is 11.8. The molecule has 0 N–H and O–H groups in total. The van der Waals surface area contributed by atoms with Gasteiger partial charge in [-0.25, -0.2) is 0 Å². The molecule has 4 heteroatoms. The van der Waals surface area contributed by atoms with E-state index in [2.05, 4.69) is 50.2 Å². The van der Waals surface area contributed by atoms with E-state index < -0.39 is 0 Å². The van der Waals surface area contributed by atoms with Crippen LogP contribution < -0.4 is 9.47 Å². The van der Waals surface area contributed by atoms with Gasteiger partial charge in [0.2, 0.25) is 0 Å². The molecule has 0 saturated heterocycles. The maximum Gasteiger partial charge on any atom is 0.125 e. The lowest BCUT2D eigenvalue weighted by Gasteiger charge is -2.14. The number of rotatable bonds is 13. The zero-order valence-electron chi connectivity index (χ0n) is 19.7. The Kier molecular flexibility index (Phi) is 10.7. The molecule has 0 aliphatic rings. The van der Waals surface area contributed by atoms with Crippen molar-refractivity contribution in [1.82, 2.24) is 0 Å². The topological polar surface area (TPSA) is 40.0 Å². The van der Waals surface area contributed by atoms with Gasteiger partial charge < -0.3 is 14.3 Å². The van der Waals surface area contributed by atoms with Crippen LogP contribution in [0.3, 0.4) is 0 Å². The van der Waals surface area contributed by atoms with Crippen LogP contribution in [0, 0.1) is 13.8 Å². The van der Waals surface area contributed by atoms with Crippen molar-refractivity contribution >= 4 is 5.71 Å². The summed E-state index contributed by atoms with van der Waals surface area (Å²) in [6.07, 6.45) is 9.12. The van der Waals surface area contributed by atoms with E-state index in [1.165, 1.54) is 5.56 Å². The highest BCUT2D eigenvalue weighted by atomic mass is 16.6. The Bertz CT molecular complexity index is 830. The van der Waals surface area contributed by atoms with Crippen LogP contribution in [0.2, 0.25) is 0 Å². The molecule has 2 aromatic carbocycles. The van der Waals surface area contributed by atoms with Gasteiger partial charge in [-0.1, -0.05) is 54.9 Å². The highest BCUT2D eigenvalue weighted by molar-refractivity contribution is 6.00. The standard InChI is InChI=1S/C27H37NO3/c1-6-8-17-30-25-19-21(3)27(22(4)20-25)31-18-10-9-12-23-13-15-24(16-14-23)26(11-7-2)28-29-5/h6,8,13-16,19-20H,7,9-12,17-18H2,1-5H3/b8-6+,28-26?. The molecule has 2 rings (SSSR count). The minimum atomic E-state index is 0.593. The molecule has 0 amide bonds. The molecule has 2 aromatic rings. The number of allylic oxidation sites excluding steroid dienone is 1. The quantitative estimate of drug-likeness (QED) is 0.154. The third-order valence-electron chi connectivity index (χ3n) is 5.10. The summed E-state index contributed by atoms with van der Waals surface area (Å²) >= 11 is 0. The van der Waals surface area contributed by atoms with Crippen LogP contribution in [0.4, 0.5) is 0 Å². The lowest BCUT2D eigenvalue weighted by molar-refractivity contribution is 0.213. The van der Waals surface area contributed by atoms with Crippen LogP contribution in [0.1, 0.15) is 61.8 Å². The zero-order valence-corrected chi connectivity index (χ0v) is 19.7. The van der Waals surface area contributed by atoms with E-state index in [-0.39, 0.29) is 0 Å². The minimum absolute atomic E-state index is 0.593. The number of unbranched alkanes of at least 4 members (excludes halogenated alkanes) is 1. The summed E-state index contributed by atoms with van der Waals surface area (Å²) in [7, 11) is 1.60. The van der Waals surface area contributed by atoms with Gasteiger partial charge >= 0.3 is 0 Å². The number of aryl methyl sites for hydroxylation is 3. The molecule has 0 unspecified atom stereocenters. The van der Waals surface area contributed by atoms with Crippen LogP contribution in [-0.2, 0) is 11.3 Å². The summed E-state index contributed by atoms with van der Waals surface area (Å²) in [6, 6.07) is 12.8. The highest BCUT2D eigenvalue weighted by Gasteiger charge is 2.08. The van der Waals surface area contributed by atoms with Gasteiger partial charge in [-0.15, -0.1) is 0 Å². The van der Waals surface area contributed by atoms with Gasteiger partial charge in [0.15, 0.2) is 0 Å². The molecule has 0 spiro atoms. The Morgan fingerprint density at radius 3 is 2.32 bits per heavy atom. The smallest absolute Gasteiger partial charge is 0.125 e. The summed E-state index contributed by atoms with van der Waals surface area (Å²) in [6.45, 7) is 9.61. The SMILES string of the molecule is C/C=C/COc1cc(C)c(OCCCCc2ccc(C(CCC)=NOC)cc2)c(C)c1. The van der Waals surface area contributed by atoms with Crippen molar-refractivity contribution in [3.8, 4) is 11.5 Å². The molecule has 0 aliphatic heterocycles. The van der Waals surface area contributed by atoms with Crippen LogP contribution in [-0.4, -0.2) is 26.0 Å². The average Bonchev–Trinajstić information content (AvgIpc) is 2.76. The zero-order chi connectivity index (χ0) is 22.5. The molecular weight excluding hydrogens is 386 g/mol. The Hall–Kier alpha value is -2.75. The van der Waals surface area contributed by atoms with E-state index in [9.17, 15) is 0 Å². The summed E-state index contributed by atoms with van der Waals surface area (Å²) in [5.74, 6) is 1.87. The molecule has 0 fully saturated rings. The van der Waals surface area contributed by atoms with Crippen LogP contribution >= 0.6 is 0 Å². The van der Waals surface area contributed by atoms with E-state index in [0.717, 1.165) is 72.6 Å². The second kappa shape index (κ2) is 13.5. The molecule has 4 nitrogen and oxygen atoms in total. The predicted octanol–water partition coefficient (Wildman–Crippen LogP) is 6.81. The molecule has 0 aliphatic carbocycles. The van der Waals surface area contributed by atoms with E-state index in [0.29, 0.717) is 6.61 Å². The third kappa shape index (κ3) is 8.12. The highest BCUT2D eigenvalue weighted by Crippen LogP contribution is 2.28. The molecule has 168 valence electrons. The Morgan fingerprint density at radius 2 is 1.71 bits per heavy atom. The third-order valence-corrected chi connectivity index (χ3v) is 5.10. The first-order valence-corrected chi connectivity index (χ1v) is 11.3. The lowest BCUT2D eigenvalue weighted by Crippen LogP contribution is -2.03. The van der Waals surface area contributed by atoms with Crippen molar-refractivity contribution < 1.29 is 14.3 Å². The van der Waals surface area contributed by atoms with Crippen LogP contribution in [0.15, 0.2) is 53.7 Å². The van der Waals surface area contributed by atoms with Crippen LogP contribution in [0.25, 0.3) is 0 Å². The Balaban J connectivity index is 1.80. The van der Waals surface area contributed by atoms with Gasteiger partial charge in [-0.05, 0) is 80.8 Å². The second-order valence-corrected chi connectivity index (χ2v) is 7.74. The van der Waals surface area contributed by atoms with E-state index in [1.807, 2.05) is 31.2 Å². The molecular formula is C27H37NO3. The van der Waals surface area contributed by atoms with Crippen molar-refractivity contribution in [2.45, 2.75) is 59.8 Å². The number of nitrogens with zero attached hydrogens (tertiary/aromatic N) is 1. The number of hydrogen-bond donors (Lipinski definition) is 0. The van der Waals surface area contributed by atoms with E-state index in [1.54, 1.807) is 7.11 Å². The van der Waals surface area contributed by atoms with Gasteiger partial charge in [-0.2, -0.15) is 0 Å². The monoisotopic (exact) mass is 423 g/mol. The fourth-order valence-corrected chi connectivity index (χ4v) is 3.52. The predicted molar refractivity (Wildman–Crippen MR) is 130 cm³/mol. The number of oxime groups is 1. The largest absolute Gasteiger partial charge is 0.493 e. The summed E-state index contributed by atoms with van der Waals surface area (Å²) in [5, 5.41) is 4.16. The fourth-order valence-electron chi connectivity index (χ4n) is 3.52. The van der Waals surface area contributed by atoms with Crippen molar-refractivity contribution in [3.05, 3.63) is 70.8 Å². The van der Waals surface area contributed by atoms with Crippen molar-refractivity contribution in [1.29, 1.82) is 0 Å². The van der Waals surface area contributed by atoms with E-state index >= 15 is 0 Å². The number of ether oxygens (including phenoxy) is 2. The van der Waals surface area contributed by atoms with Gasteiger partial charge in [-0.3, -0.25) is 0 Å². The first kappa shape index (κ1) is 24.5. The lowest BCUT2D eigenvalue weighted by atomic mass is 10.0. The second-order valence-electron chi connectivity index (χ2n) is 7.74. The summed E-state index contributed by atoms with van der Waals surface area (Å²) in [5.41, 5.74) is 5.72. The Morgan fingerprint density at radius 1 is 1.00 bits per heavy atom.